The highest BCUT2D eigenvalue weighted by Gasteiger charge is 2.18. The van der Waals surface area contributed by atoms with Crippen LogP contribution in [0, 0.1) is 6.92 Å². The summed E-state index contributed by atoms with van der Waals surface area (Å²) in [6, 6.07) is 16.2. The molecule has 0 amide bonds. The lowest BCUT2D eigenvalue weighted by Gasteiger charge is -2.15. The molecule has 20 heavy (non-hydrogen) atoms. The molecule has 0 aliphatic carbocycles. The quantitative estimate of drug-likeness (QED) is 0.788. The molecule has 3 nitrogen and oxygen atoms in total. The Labute approximate surface area is 119 Å². The average Bonchev–Trinajstić information content (AvgIpc) is 2.85. The van der Waals surface area contributed by atoms with Crippen LogP contribution in [0.15, 0.2) is 48.5 Å². The summed E-state index contributed by atoms with van der Waals surface area (Å²) in [6.45, 7) is 5.09. The number of rotatable bonds is 3. The van der Waals surface area contributed by atoms with Gasteiger partial charge in [0.15, 0.2) is 0 Å². The molecule has 1 aromatic heterocycles. The van der Waals surface area contributed by atoms with Crippen molar-refractivity contribution in [3.8, 4) is 0 Å². The van der Waals surface area contributed by atoms with Gasteiger partial charge in [-0.2, -0.15) is 0 Å². The Balaban J connectivity index is 2.17. The van der Waals surface area contributed by atoms with E-state index < -0.39 is 0 Å². The van der Waals surface area contributed by atoms with Crippen LogP contribution >= 0.6 is 0 Å². The number of hydrogen-bond acceptors (Lipinski definition) is 2. The minimum atomic E-state index is -0.191. The van der Waals surface area contributed by atoms with Crippen molar-refractivity contribution in [1.82, 2.24) is 9.55 Å². The van der Waals surface area contributed by atoms with Crippen molar-refractivity contribution in [1.29, 1.82) is 0 Å². The smallest absolute Gasteiger partial charge is 0.131 e. The average molecular weight is 265 g/mol. The van der Waals surface area contributed by atoms with Crippen molar-refractivity contribution in [2.24, 2.45) is 5.73 Å². The summed E-state index contributed by atoms with van der Waals surface area (Å²) >= 11 is 0. The summed E-state index contributed by atoms with van der Waals surface area (Å²) in [5.74, 6) is 0.933. The second-order valence-electron chi connectivity index (χ2n) is 5.04. The lowest BCUT2D eigenvalue weighted by molar-refractivity contribution is 0.669. The third-order valence-corrected chi connectivity index (χ3v) is 3.80. The summed E-state index contributed by atoms with van der Waals surface area (Å²) in [5.41, 5.74) is 11.0. The minimum absolute atomic E-state index is 0.191. The Morgan fingerprint density at radius 1 is 1.10 bits per heavy atom. The van der Waals surface area contributed by atoms with E-state index in [9.17, 15) is 0 Å². The van der Waals surface area contributed by atoms with Crippen LogP contribution in [0.4, 0.5) is 0 Å². The van der Waals surface area contributed by atoms with Gasteiger partial charge in [0.05, 0.1) is 17.1 Å². The first-order valence-corrected chi connectivity index (χ1v) is 6.98. The molecule has 0 aliphatic rings. The van der Waals surface area contributed by atoms with Gasteiger partial charge in [-0.1, -0.05) is 36.4 Å². The highest BCUT2D eigenvalue weighted by molar-refractivity contribution is 5.76. The van der Waals surface area contributed by atoms with E-state index in [4.69, 9.17) is 10.7 Å². The molecular formula is C17H19N3. The number of hydrogen-bond donors (Lipinski definition) is 1. The molecule has 2 aromatic carbocycles. The van der Waals surface area contributed by atoms with Crippen molar-refractivity contribution in [3.05, 3.63) is 65.5 Å². The van der Waals surface area contributed by atoms with Crippen LogP contribution in [0.3, 0.4) is 0 Å². The third kappa shape index (κ3) is 2.00. The maximum atomic E-state index is 6.47. The summed E-state index contributed by atoms with van der Waals surface area (Å²) in [7, 11) is 0. The number of nitrogens with two attached hydrogens (primary N) is 1. The zero-order valence-electron chi connectivity index (χ0n) is 11.9. The number of imidazole rings is 1. The van der Waals surface area contributed by atoms with Gasteiger partial charge in [-0.25, -0.2) is 4.98 Å². The van der Waals surface area contributed by atoms with E-state index in [-0.39, 0.29) is 6.04 Å². The SMILES string of the molecule is CCn1c(C(N)c2ccccc2C)nc2ccccc21. The first-order chi connectivity index (χ1) is 9.72. The second-order valence-corrected chi connectivity index (χ2v) is 5.04. The standard InChI is InChI=1S/C17H19N3/c1-3-20-15-11-7-6-10-14(15)19-17(20)16(18)13-9-5-4-8-12(13)2/h4-11,16H,3,18H2,1-2H3. The predicted molar refractivity (Wildman–Crippen MR) is 82.6 cm³/mol. The van der Waals surface area contributed by atoms with Crippen LogP contribution in [0.2, 0.25) is 0 Å². The van der Waals surface area contributed by atoms with E-state index in [1.165, 1.54) is 5.56 Å². The molecule has 1 unspecified atom stereocenters. The first-order valence-electron chi connectivity index (χ1n) is 6.98. The molecule has 0 bridgehead atoms. The number of fused-ring (bicyclic) bond motifs is 1. The number of benzene rings is 2. The summed E-state index contributed by atoms with van der Waals surface area (Å²) in [4.78, 5) is 4.74. The predicted octanol–water partition coefficient (Wildman–Crippen LogP) is 3.41. The van der Waals surface area contributed by atoms with Crippen LogP contribution in [-0.4, -0.2) is 9.55 Å². The molecule has 0 aliphatic heterocycles. The van der Waals surface area contributed by atoms with Crippen molar-refractivity contribution in [2.75, 3.05) is 0 Å². The molecular weight excluding hydrogens is 246 g/mol. The fourth-order valence-electron chi connectivity index (χ4n) is 2.74. The lowest BCUT2D eigenvalue weighted by Crippen LogP contribution is -2.18. The maximum absolute atomic E-state index is 6.47. The van der Waals surface area contributed by atoms with Crippen molar-refractivity contribution in [3.63, 3.8) is 0 Å². The number of nitrogens with zero attached hydrogens (tertiary/aromatic N) is 2. The van der Waals surface area contributed by atoms with Crippen molar-refractivity contribution < 1.29 is 0 Å². The monoisotopic (exact) mass is 265 g/mol. The normalized spacial score (nSPS) is 12.8. The van der Waals surface area contributed by atoms with Gasteiger partial charge in [-0.15, -0.1) is 0 Å². The molecule has 0 fully saturated rings. The molecule has 0 saturated heterocycles. The zero-order chi connectivity index (χ0) is 14.1. The van der Waals surface area contributed by atoms with E-state index in [1.54, 1.807) is 0 Å². The van der Waals surface area contributed by atoms with Gasteiger partial charge >= 0.3 is 0 Å². The van der Waals surface area contributed by atoms with Gasteiger partial charge < -0.3 is 10.3 Å². The Morgan fingerprint density at radius 3 is 2.55 bits per heavy atom. The first kappa shape index (κ1) is 12.9. The fourth-order valence-corrected chi connectivity index (χ4v) is 2.74. The number of para-hydroxylation sites is 2. The molecule has 0 saturated carbocycles. The minimum Gasteiger partial charge on any atom is -0.327 e. The van der Waals surface area contributed by atoms with E-state index in [2.05, 4.69) is 36.6 Å². The van der Waals surface area contributed by atoms with Gasteiger partial charge in [0, 0.05) is 6.54 Å². The van der Waals surface area contributed by atoms with Gasteiger partial charge in [0.25, 0.3) is 0 Å². The maximum Gasteiger partial charge on any atom is 0.131 e. The molecule has 3 aromatic rings. The van der Waals surface area contributed by atoms with Gasteiger partial charge in [0.1, 0.15) is 5.82 Å². The van der Waals surface area contributed by atoms with Gasteiger partial charge in [-0.05, 0) is 37.1 Å². The zero-order valence-corrected chi connectivity index (χ0v) is 11.9. The largest absolute Gasteiger partial charge is 0.327 e. The molecule has 3 heteroatoms. The summed E-state index contributed by atoms with van der Waals surface area (Å²) < 4.78 is 2.20. The van der Waals surface area contributed by atoms with Gasteiger partial charge in [-0.3, -0.25) is 0 Å². The van der Waals surface area contributed by atoms with Crippen LogP contribution in [-0.2, 0) is 6.54 Å². The second kappa shape index (κ2) is 5.10. The molecule has 2 N–H and O–H groups in total. The molecule has 0 radical (unpaired) electrons. The topological polar surface area (TPSA) is 43.8 Å². The van der Waals surface area contributed by atoms with E-state index in [0.29, 0.717) is 0 Å². The molecule has 0 spiro atoms. The molecule has 102 valence electrons. The Bertz CT molecular complexity index is 743. The third-order valence-electron chi connectivity index (χ3n) is 3.80. The highest BCUT2D eigenvalue weighted by atomic mass is 15.1. The van der Waals surface area contributed by atoms with E-state index in [0.717, 1.165) is 29.0 Å². The fraction of sp³-hybridized carbons (Fsp3) is 0.235. The summed E-state index contributed by atoms with van der Waals surface area (Å²) in [5, 5.41) is 0. The van der Waals surface area contributed by atoms with Crippen molar-refractivity contribution in [2.45, 2.75) is 26.4 Å². The number of aromatic nitrogens is 2. The summed E-state index contributed by atoms with van der Waals surface area (Å²) in [6.07, 6.45) is 0. The van der Waals surface area contributed by atoms with E-state index in [1.807, 2.05) is 30.3 Å². The van der Waals surface area contributed by atoms with Crippen LogP contribution in [0.25, 0.3) is 11.0 Å². The molecule has 1 atom stereocenters. The Morgan fingerprint density at radius 2 is 1.80 bits per heavy atom. The van der Waals surface area contributed by atoms with Crippen LogP contribution in [0.1, 0.15) is 29.9 Å². The van der Waals surface area contributed by atoms with Crippen LogP contribution < -0.4 is 5.73 Å². The van der Waals surface area contributed by atoms with E-state index >= 15 is 0 Å². The van der Waals surface area contributed by atoms with Crippen LogP contribution in [0.5, 0.6) is 0 Å². The Kier molecular flexibility index (Phi) is 3.28. The lowest BCUT2D eigenvalue weighted by atomic mass is 10.0. The molecule has 3 rings (SSSR count). The highest BCUT2D eigenvalue weighted by Crippen LogP contribution is 2.25. The number of aryl methyl sites for hydroxylation is 2. The van der Waals surface area contributed by atoms with Gasteiger partial charge in [0.2, 0.25) is 0 Å². The van der Waals surface area contributed by atoms with Crippen molar-refractivity contribution >= 4 is 11.0 Å². The Hall–Kier alpha value is -2.13. The molecule has 1 heterocycles.